The van der Waals surface area contributed by atoms with Crippen molar-refractivity contribution in [2.75, 3.05) is 25.9 Å². The van der Waals surface area contributed by atoms with E-state index in [9.17, 15) is 0 Å². The Hall–Kier alpha value is -1.53. The zero-order valence-electron chi connectivity index (χ0n) is 9.61. The van der Waals surface area contributed by atoms with E-state index in [-0.39, 0.29) is 0 Å². The molecule has 1 aliphatic heterocycles. The first kappa shape index (κ1) is 11.0. The van der Waals surface area contributed by atoms with Gasteiger partial charge in [-0.15, -0.1) is 6.42 Å². The highest BCUT2D eigenvalue weighted by molar-refractivity contribution is 5.45. The first-order chi connectivity index (χ1) is 7.69. The van der Waals surface area contributed by atoms with Gasteiger partial charge in [-0.05, 0) is 45.1 Å². The van der Waals surface area contributed by atoms with Crippen LogP contribution in [-0.2, 0) is 0 Å². The van der Waals surface area contributed by atoms with Gasteiger partial charge in [-0.1, -0.05) is 5.92 Å². The lowest BCUT2D eigenvalue weighted by atomic mass is 9.93. The fourth-order valence-electron chi connectivity index (χ4n) is 2.16. The molecule has 1 fully saturated rings. The van der Waals surface area contributed by atoms with Crippen LogP contribution in [0.1, 0.15) is 30.1 Å². The van der Waals surface area contributed by atoms with E-state index in [1.165, 1.54) is 0 Å². The van der Waals surface area contributed by atoms with Crippen molar-refractivity contribution in [1.82, 2.24) is 9.88 Å². The zero-order chi connectivity index (χ0) is 11.5. The van der Waals surface area contributed by atoms with Gasteiger partial charge >= 0.3 is 0 Å². The number of aromatic nitrogens is 1. The topological polar surface area (TPSA) is 42.1 Å². The molecule has 2 rings (SSSR count). The summed E-state index contributed by atoms with van der Waals surface area (Å²) in [4.78, 5) is 6.80. The monoisotopic (exact) mass is 215 g/mol. The summed E-state index contributed by atoms with van der Waals surface area (Å²) in [5, 5.41) is 0. The Morgan fingerprint density at radius 2 is 2.12 bits per heavy atom. The van der Waals surface area contributed by atoms with E-state index >= 15 is 0 Å². The molecule has 0 unspecified atom stereocenters. The maximum Gasteiger partial charge on any atom is 0.115 e. The van der Waals surface area contributed by atoms with Crippen molar-refractivity contribution < 1.29 is 0 Å². The van der Waals surface area contributed by atoms with Gasteiger partial charge in [0.25, 0.3) is 0 Å². The van der Waals surface area contributed by atoms with Crippen LogP contribution in [0.2, 0.25) is 0 Å². The largest absolute Gasteiger partial charge is 0.399 e. The van der Waals surface area contributed by atoms with Crippen molar-refractivity contribution >= 4 is 5.69 Å². The number of terminal acetylenes is 1. The van der Waals surface area contributed by atoms with Gasteiger partial charge in [0.2, 0.25) is 0 Å². The van der Waals surface area contributed by atoms with Crippen molar-refractivity contribution in [2.45, 2.75) is 18.8 Å². The maximum atomic E-state index is 5.82. The second kappa shape index (κ2) is 4.54. The second-order valence-electron chi connectivity index (χ2n) is 4.43. The highest BCUT2D eigenvalue weighted by Gasteiger charge is 2.19. The van der Waals surface area contributed by atoms with E-state index in [1.54, 1.807) is 6.07 Å². The molecule has 2 N–H and O–H groups in total. The summed E-state index contributed by atoms with van der Waals surface area (Å²) in [6, 6.07) is 3.70. The average molecular weight is 215 g/mol. The molecule has 0 bridgehead atoms. The molecule has 16 heavy (non-hydrogen) atoms. The number of hydrogen-bond donors (Lipinski definition) is 1. The Labute approximate surface area is 96.7 Å². The van der Waals surface area contributed by atoms with Gasteiger partial charge in [-0.3, -0.25) is 0 Å². The molecule has 0 aromatic carbocycles. The second-order valence-corrected chi connectivity index (χ2v) is 4.43. The number of nitrogens with zero attached hydrogens (tertiary/aromatic N) is 2. The van der Waals surface area contributed by atoms with Crippen molar-refractivity contribution in [3.8, 4) is 12.3 Å². The van der Waals surface area contributed by atoms with Gasteiger partial charge in [0.05, 0.1) is 0 Å². The Kier molecular flexibility index (Phi) is 3.12. The molecule has 1 saturated heterocycles. The Morgan fingerprint density at radius 1 is 1.44 bits per heavy atom. The smallest absolute Gasteiger partial charge is 0.115 e. The molecule has 0 atom stereocenters. The van der Waals surface area contributed by atoms with Gasteiger partial charge in [-0.2, -0.15) is 0 Å². The summed E-state index contributed by atoms with van der Waals surface area (Å²) in [5.41, 5.74) is 8.25. The van der Waals surface area contributed by atoms with Gasteiger partial charge in [0.15, 0.2) is 0 Å². The minimum atomic E-state index is 0.506. The molecule has 3 nitrogen and oxygen atoms in total. The van der Waals surface area contributed by atoms with Crippen LogP contribution in [0.25, 0.3) is 0 Å². The SMILES string of the molecule is C#Cc1cc(N)cc(C2CCN(C)CC2)n1. The molecule has 1 aromatic heterocycles. The fourth-order valence-corrected chi connectivity index (χ4v) is 2.16. The van der Waals surface area contributed by atoms with Crippen LogP contribution >= 0.6 is 0 Å². The summed E-state index contributed by atoms with van der Waals surface area (Å²) in [6.07, 6.45) is 7.63. The summed E-state index contributed by atoms with van der Waals surface area (Å²) < 4.78 is 0. The molecule has 1 aliphatic rings. The highest BCUT2D eigenvalue weighted by Crippen LogP contribution is 2.27. The zero-order valence-corrected chi connectivity index (χ0v) is 9.61. The molecule has 2 heterocycles. The van der Waals surface area contributed by atoms with Crippen LogP contribution in [0.4, 0.5) is 5.69 Å². The minimum absolute atomic E-state index is 0.506. The molecule has 1 aromatic rings. The minimum Gasteiger partial charge on any atom is -0.399 e. The molecule has 0 aliphatic carbocycles. The van der Waals surface area contributed by atoms with E-state index in [1.807, 2.05) is 6.07 Å². The van der Waals surface area contributed by atoms with Gasteiger partial charge in [0.1, 0.15) is 5.69 Å². The normalized spacial score (nSPS) is 18.2. The summed E-state index contributed by atoms with van der Waals surface area (Å²) >= 11 is 0. The van der Waals surface area contributed by atoms with E-state index < -0.39 is 0 Å². The first-order valence-electron chi connectivity index (χ1n) is 5.61. The predicted octanol–water partition coefficient (Wildman–Crippen LogP) is 1.45. The standard InChI is InChI=1S/C13H17N3/c1-3-12-8-11(14)9-13(15-12)10-4-6-16(2)7-5-10/h1,8-10H,4-7H2,2H3,(H2,14,15). The lowest BCUT2D eigenvalue weighted by molar-refractivity contribution is 0.253. The third-order valence-corrected chi connectivity index (χ3v) is 3.15. The van der Waals surface area contributed by atoms with Gasteiger partial charge in [-0.25, -0.2) is 4.98 Å². The third-order valence-electron chi connectivity index (χ3n) is 3.15. The molecule has 84 valence electrons. The van der Waals surface area contributed by atoms with Crippen LogP contribution in [0, 0.1) is 12.3 Å². The van der Waals surface area contributed by atoms with Crippen LogP contribution < -0.4 is 5.73 Å². The lowest BCUT2D eigenvalue weighted by Crippen LogP contribution is -2.29. The van der Waals surface area contributed by atoms with Crippen LogP contribution in [-0.4, -0.2) is 30.0 Å². The molecular formula is C13H17N3. The first-order valence-corrected chi connectivity index (χ1v) is 5.61. The molecule has 0 saturated carbocycles. The summed E-state index contributed by atoms with van der Waals surface area (Å²) in [5.74, 6) is 3.06. The van der Waals surface area contributed by atoms with Crippen LogP contribution in [0.15, 0.2) is 12.1 Å². The molecule has 0 radical (unpaired) electrons. The Bertz CT molecular complexity index is 412. The number of hydrogen-bond acceptors (Lipinski definition) is 3. The molecule has 0 amide bonds. The number of nitrogen functional groups attached to an aromatic ring is 1. The van der Waals surface area contributed by atoms with E-state index in [0.717, 1.165) is 37.3 Å². The average Bonchev–Trinajstić information content (AvgIpc) is 2.29. The molecule has 0 spiro atoms. The Morgan fingerprint density at radius 3 is 2.75 bits per heavy atom. The Balaban J connectivity index is 2.20. The van der Waals surface area contributed by atoms with Crippen molar-refractivity contribution in [3.05, 3.63) is 23.5 Å². The number of rotatable bonds is 1. The van der Waals surface area contributed by atoms with Crippen LogP contribution in [0.5, 0.6) is 0 Å². The molecule has 3 heteroatoms. The van der Waals surface area contributed by atoms with Crippen LogP contribution in [0.3, 0.4) is 0 Å². The number of likely N-dealkylation sites (tertiary alicyclic amines) is 1. The highest BCUT2D eigenvalue weighted by atomic mass is 15.1. The summed E-state index contributed by atoms with van der Waals surface area (Å²) in [6.45, 7) is 2.24. The van der Waals surface area contributed by atoms with Gasteiger partial charge in [0, 0.05) is 17.3 Å². The fraction of sp³-hybridized carbons (Fsp3) is 0.462. The number of pyridine rings is 1. The summed E-state index contributed by atoms with van der Waals surface area (Å²) in [7, 11) is 2.15. The lowest BCUT2D eigenvalue weighted by Gasteiger charge is -2.28. The number of nitrogens with two attached hydrogens (primary N) is 1. The van der Waals surface area contributed by atoms with E-state index in [0.29, 0.717) is 11.6 Å². The van der Waals surface area contributed by atoms with Gasteiger partial charge < -0.3 is 10.6 Å². The van der Waals surface area contributed by atoms with Crippen molar-refractivity contribution in [1.29, 1.82) is 0 Å². The maximum absolute atomic E-state index is 5.82. The van der Waals surface area contributed by atoms with E-state index in [2.05, 4.69) is 22.9 Å². The third kappa shape index (κ3) is 2.34. The van der Waals surface area contributed by atoms with E-state index in [4.69, 9.17) is 12.2 Å². The predicted molar refractivity (Wildman–Crippen MR) is 66.1 cm³/mol. The van der Waals surface area contributed by atoms with Crippen molar-refractivity contribution in [3.63, 3.8) is 0 Å². The number of anilines is 1. The van der Waals surface area contributed by atoms with Crippen molar-refractivity contribution in [2.24, 2.45) is 0 Å². The quantitative estimate of drug-likeness (QED) is 0.721. The molecular weight excluding hydrogens is 198 g/mol. The number of piperidine rings is 1.